The minimum absolute atomic E-state index is 0.115. The van der Waals surface area contributed by atoms with E-state index in [1.807, 2.05) is 108 Å². The van der Waals surface area contributed by atoms with Gasteiger partial charge in [0, 0.05) is 29.6 Å². The molecular formula is C31H25N5O2. The number of fused-ring (bicyclic) bond motifs is 1. The van der Waals surface area contributed by atoms with Gasteiger partial charge >= 0.3 is 6.03 Å². The van der Waals surface area contributed by atoms with Gasteiger partial charge in [-0.15, -0.1) is 0 Å². The van der Waals surface area contributed by atoms with Crippen LogP contribution in [0.5, 0.6) is 0 Å². The topological polar surface area (TPSA) is 70.9 Å². The van der Waals surface area contributed by atoms with E-state index in [4.69, 9.17) is 4.84 Å². The van der Waals surface area contributed by atoms with Crippen molar-refractivity contribution in [3.05, 3.63) is 126 Å². The fourth-order valence-corrected chi connectivity index (χ4v) is 4.51. The van der Waals surface area contributed by atoms with Crippen molar-refractivity contribution in [2.45, 2.75) is 12.5 Å². The Balaban J connectivity index is 1.19. The molecule has 6 rings (SSSR count). The van der Waals surface area contributed by atoms with Crippen molar-refractivity contribution in [2.24, 2.45) is 0 Å². The van der Waals surface area contributed by atoms with E-state index in [1.165, 1.54) is 5.06 Å². The third-order valence-electron chi connectivity index (χ3n) is 6.33. The maximum absolute atomic E-state index is 13.0. The van der Waals surface area contributed by atoms with Crippen LogP contribution in [0.1, 0.15) is 29.3 Å². The van der Waals surface area contributed by atoms with Crippen LogP contribution in [0.25, 0.3) is 5.65 Å². The standard InChI is InChI=1S/C31H25N5O2/c37-31(36-29(18-20-38-36)24-10-3-1-4-11-24)34-26-14-7-9-23(21-26)16-17-27-22-32-30-28(15-8-19-35(27)30)33-25-12-5-2-6-13-25/h1-15,19,21-22,29,33H,18,20H2,(H,34,37)/t29-/m0/s1. The molecule has 2 aromatic heterocycles. The van der Waals surface area contributed by atoms with E-state index in [1.54, 1.807) is 6.20 Å². The second-order valence-corrected chi connectivity index (χ2v) is 8.89. The number of urea groups is 1. The number of hydrogen-bond acceptors (Lipinski definition) is 4. The number of imidazole rings is 1. The monoisotopic (exact) mass is 499 g/mol. The van der Waals surface area contributed by atoms with Gasteiger partial charge < -0.3 is 10.6 Å². The van der Waals surface area contributed by atoms with E-state index >= 15 is 0 Å². The summed E-state index contributed by atoms with van der Waals surface area (Å²) < 4.78 is 1.96. The molecule has 0 unspecified atom stereocenters. The Morgan fingerprint density at radius 3 is 2.53 bits per heavy atom. The summed E-state index contributed by atoms with van der Waals surface area (Å²) in [6.45, 7) is 0.500. The predicted octanol–water partition coefficient (Wildman–Crippen LogP) is 6.39. The smallest absolute Gasteiger partial charge is 0.346 e. The lowest BCUT2D eigenvalue weighted by Crippen LogP contribution is -2.33. The lowest BCUT2D eigenvalue weighted by atomic mass is 10.1. The number of para-hydroxylation sites is 1. The summed E-state index contributed by atoms with van der Waals surface area (Å²) >= 11 is 0. The van der Waals surface area contributed by atoms with Crippen LogP contribution in [0.4, 0.5) is 21.9 Å². The summed E-state index contributed by atoms with van der Waals surface area (Å²) in [5, 5.41) is 7.78. The molecule has 1 atom stereocenters. The molecular weight excluding hydrogens is 474 g/mol. The molecule has 2 N–H and O–H groups in total. The number of amides is 2. The van der Waals surface area contributed by atoms with Gasteiger partial charge in [0.2, 0.25) is 0 Å². The highest BCUT2D eigenvalue weighted by Gasteiger charge is 2.31. The molecule has 0 bridgehead atoms. The molecule has 186 valence electrons. The number of anilines is 3. The molecule has 7 nitrogen and oxygen atoms in total. The van der Waals surface area contributed by atoms with Crippen molar-refractivity contribution in [3.8, 4) is 11.8 Å². The summed E-state index contributed by atoms with van der Waals surface area (Å²) in [5.74, 6) is 6.41. The highest BCUT2D eigenvalue weighted by molar-refractivity contribution is 5.89. The van der Waals surface area contributed by atoms with Crippen molar-refractivity contribution in [3.63, 3.8) is 0 Å². The molecule has 0 spiro atoms. The highest BCUT2D eigenvalue weighted by atomic mass is 16.7. The van der Waals surface area contributed by atoms with Crippen molar-refractivity contribution in [1.82, 2.24) is 14.4 Å². The zero-order chi connectivity index (χ0) is 25.7. The Bertz CT molecular complexity index is 1640. The maximum Gasteiger partial charge on any atom is 0.346 e. The van der Waals surface area contributed by atoms with Gasteiger partial charge in [0.1, 0.15) is 5.69 Å². The first-order chi connectivity index (χ1) is 18.7. The second kappa shape index (κ2) is 10.5. The molecule has 1 saturated heterocycles. The number of rotatable bonds is 4. The first kappa shape index (κ1) is 23.3. The van der Waals surface area contributed by atoms with E-state index in [0.29, 0.717) is 12.3 Å². The van der Waals surface area contributed by atoms with Crippen LogP contribution in [-0.4, -0.2) is 27.1 Å². The lowest BCUT2D eigenvalue weighted by molar-refractivity contribution is -0.0829. The van der Waals surface area contributed by atoms with Gasteiger partial charge in [-0.25, -0.2) is 9.78 Å². The zero-order valence-electron chi connectivity index (χ0n) is 20.5. The highest BCUT2D eigenvalue weighted by Crippen LogP contribution is 2.30. The van der Waals surface area contributed by atoms with Gasteiger partial charge in [-0.3, -0.25) is 9.24 Å². The van der Waals surface area contributed by atoms with E-state index in [9.17, 15) is 4.79 Å². The molecule has 0 aliphatic carbocycles. The third kappa shape index (κ3) is 4.94. The molecule has 7 heteroatoms. The molecule has 5 aromatic rings. The quantitative estimate of drug-likeness (QED) is 0.281. The fraction of sp³-hybridized carbons (Fsp3) is 0.0968. The molecule has 2 amide bonds. The average Bonchev–Trinajstić information content (AvgIpc) is 3.62. The number of hydrogen-bond donors (Lipinski definition) is 2. The lowest BCUT2D eigenvalue weighted by Gasteiger charge is -2.23. The Hall–Kier alpha value is -5.06. The normalized spacial score (nSPS) is 14.6. The summed E-state index contributed by atoms with van der Waals surface area (Å²) in [5.41, 5.74) is 5.92. The number of pyridine rings is 1. The predicted molar refractivity (Wildman–Crippen MR) is 148 cm³/mol. The number of nitrogens with zero attached hydrogens (tertiary/aromatic N) is 3. The number of nitrogens with one attached hydrogen (secondary N) is 2. The second-order valence-electron chi connectivity index (χ2n) is 8.89. The van der Waals surface area contributed by atoms with E-state index < -0.39 is 0 Å². The largest absolute Gasteiger partial charge is 0.352 e. The van der Waals surface area contributed by atoms with E-state index in [-0.39, 0.29) is 12.1 Å². The van der Waals surface area contributed by atoms with Gasteiger partial charge in [0.15, 0.2) is 5.65 Å². The first-order valence-corrected chi connectivity index (χ1v) is 12.4. The van der Waals surface area contributed by atoms with Crippen molar-refractivity contribution in [2.75, 3.05) is 17.2 Å². The Morgan fingerprint density at radius 2 is 1.68 bits per heavy atom. The van der Waals surface area contributed by atoms with Gasteiger partial charge in [0.25, 0.3) is 0 Å². The first-order valence-electron chi connectivity index (χ1n) is 12.4. The Morgan fingerprint density at radius 1 is 0.895 bits per heavy atom. The molecule has 0 radical (unpaired) electrons. The molecule has 3 aromatic carbocycles. The van der Waals surface area contributed by atoms with Crippen molar-refractivity contribution in [1.29, 1.82) is 0 Å². The number of aromatic nitrogens is 2. The van der Waals surface area contributed by atoms with Crippen LogP contribution in [0.15, 0.2) is 109 Å². The molecule has 1 aliphatic heterocycles. The van der Waals surface area contributed by atoms with Gasteiger partial charge in [-0.05, 0) is 53.9 Å². The zero-order valence-corrected chi connectivity index (χ0v) is 20.5. The maximum atomic E-state index is 13.0. The Kier molecular flexibility index (Phi) is 6.46. The molecule has 1 fully saturated rings. The summed E-state index contributed by atoms with van der Waals surface area (Å²) in [4.78, 5) is 23.2. The summed E-state index contributed by atoms with van der Waals surface area (Å²) in [6, 6.07) is 30.9. The number of hydroxylamine groups is 2. The molecule has 3 heterocycles. The van der Waals surface area contributed by atoms with Gasteiger partial charge in [-0.2, -0.15) is 5.06 Å². The van der Waals surface area contributed by atoms with Crippen LogP contribution in [0.2, 0.25) is 0 Å². The fourth-order valence-electron chi connectivity index (χ4n) is 4.51. The number of carbonyl (C=O) groups excluding carboxylic acids is 1. The van der Waals surface area contributed by atoms with Crippen LogP contribution >= 0.6 is 0 Å². The number of carbonyl (C=O) groups is 1. The van der Waals surface area contributed by atoms with Crippen molar-refractivity contribution < 1.29 is 9.63 Å². The number of benzene rings is 3. The SMILES string of the molecule is O=C(Nc1cccc(C#Cc2cnc3c(Nc4ccccc4)cccn23)c1)N1OCC[C@H]1c1ccccc1. The van der Waals surface area contributed by atoms with Crippen LogP contribution in [-0.2, 0) is 4.84 Å². The Labute approximate surface area is 220 Å². The van der Waals surface area contributed by atoms with Crippen LogP contribution in [0, 0.1) is 11.8 Å². The van der Waals surface area contributed by atoms with Gasteiger partial charge in [0.05, 0.1) is 24.5 Å². The van der Waals surface area contributed by atoms with Crippen LogP contribution < -0.4 is 10.6 Å². The third-order valence-corrected chi connectivity index (χ3v) is 6.33. The molecule has 0 saturated carbocycles. The summed E-state index contributed by atoms with van der Waals surface area (Å²) in [7, 11) is 0. The minimum Gasteiger partial charge on any atom is -0.352 e. The van der Waals surface area contributed by atoms with E-state index in [0.717, 1.165) is 40.3 Å². The van der Waals surface area contributed by atoms with Crippen molar-refractivity contribution >= 4 is 28.7 Å². The minimum atomic E-state index is -0.304. The molecule has 38 heavy (non-hydrogen) atoms. The van der Waals surface area contributed by atoms with Gasteiger partial charge in [-0.1, -0.05) is 60.5 Å². The van der Waals surface area contributed by atoms with E-state index in [2.05, 4.69) is 27.5 Å². The summed E-state index contributed by atoms with van der Waals surface area (Å²) in [6.07, 6.45) is 4.46. The average molecular weight is 500 g/mol. The van der Waals surface area contributed by atoms with Crippen LogP contribution in [0.3, 0.4) is 0 Å². The molecule has 1 aliphatic rings.